The first-order valence-electron chi connectivity index (χ1n) is 3.22. The van der Waals surface area contributed by atoms with Crippen molar-refractivity contribution in [2.75, 3.05) is 6.61 Å². The summed E-state index contributed by atoms with van der Waals surface area (Å²) in [6.07, 6.45) is -0.512. The highest BCUT2D eigenvalue weighted by atomic mass is 17.1. The number of rotatable bonds is 8. The highest BCUT2D eigenvalue weighted by Gasteiger charge is 2.41. The maximum Gasteiger partial charge on any atom is 0.341 e. The summed E-state index contributed by atoms with van der Waals surface area (Å²) in [6, 6.07) is 0. The van der Waals surface area contributed by atoms with Gasteiger partial charge in [-0.3, -0.25) is 14.5 Å². The minimum Gasteiger partial charge on any atom is -0.309 e. The third kappa shape index (κ3) is 4.49. The van der Waals surface area contributed by atoms with Gasteiger partial charge in [-0.25, -0.2) is 0 Å². The van der Waals surface area contributed by atoms with Crippen LogP contribution >= 0.6 is 0 Å². The number of hydrogen-bond donors (Lipinski definition) is 0. The van der Waals surface area contributed by atoms with Gasteiger partial charge >= 0.3 is 5.79 Å². The molecule has 0 atom stereocenters. The van der Waals surface area contributed by atoms with E-state index in [1.807, 2.05) is 0 Å². The number of carbonyl (C=O) groups excluding carboxylic acids is 1. The van der Waals surface area contributed by atoms with Gasteiger partial charge in [0.25, 0.3) is 15.3 Å². The van der Waals surface area contributed by atoms with Crippen molar-refractivity contribution in [3.05, 3.63) is 30.3 Å². The van der Waals surface area contributed by atoms with Crippen molar-refractivity contribution in [3.63, 3.8) is 0 Å². The Labute approximate surface area is 84.8 Å². The summed E-state index contributed by atoms with van der Waals surface area (Å²) in [5.41, 5.74) is 0. The smallest absolute Gasteiger partial charge is 0.309 e. The fourth-order valence-corrected chi connectivity index (χ4v) is 0.541. The summed E-state index contributed by atoms with van der Waals surface area (Å²) in [4.78, 5) is 50.4. The molecule has 0 saturated heterocycles. The molecule has 0 aliphatic heterocycles. The lowest BCUT2D eigenvalue weighted by molar-refractivity contribution is -0.873. The van der Waals surface area contributed by atoms with Gasteiger partial charge in [-0.2, -0.15) is 0 Å². The quantitative estimate of drug-likeness (QED) is 0.210. The SMILES string of the molecule is O=CC(CO[N+](=O)[O-])(O[N+](=O)[O-])O[N+](=O)[O-]. The molecule has 0 fully saturated rings. The van der Waals surface area contributed by atoms with Crippen LogP contribution in [0.3, 0.4) is 0 Å². The maximum atomic E-state index is 10.3. The standard InChI is InChI=1S/C3H3N3O10/c7-1-3(15-5(10)11,16-6(12)13)2-14-4(8)9/h1H,2H2. The molecule has 0 saturated carbocycles. The van der Waals surface area contributed by atoms with Crippen molar-refractivity contribution >= 4 is 6.29 Å². The summed E-state index contributed by atoms with van der Waals surface area (Å²) in [6.45, 7) is -1.47. The van der Waals surface area contributed by atoms with Crippen molar-refractivity contribution in [1.29, 1.82) is 0 Å². The second kappa shape index (κ2) is 5.23. The molecule has 0 aromatic rings. The van der Waals surface area contributed by atoms with E-state index in [0.717, 1.165) is 0 Å². The third-order valence-corrected chi connectivity index (χ3v) is 1.01. The van der Waals surface area contributed by atoms with Gasteiger partial charge in [-0.05, 0) is 0 Å². The van der Waals surface area contributed by atoms with Crippen LogP contribution in [0.2, 0.25) is 0 Å². The summed E-state index contributed by atoms with van der Waals surface area (Å²) < 4.78 is 0. The zero-order chi connectivity index (χ0) is 12.8. The molecule has 0 radical (unpaired) electrons. The second-order valence-corrected chi connectivity index (χ2v) is 2.06. The molecule has 0 rings (SSSR count). The molecule has 16 heavy (non-hydrogen) atoms. The van der Waals surface area contributed by atoms with E-state index in [9.17, 15) is 35.1 Å². The van der Waals surface area contributed by atoms with E-state index in [-0.39, 0.29) is 0 Å². The van der Waals surface area contributed by atoms with Crippen LogP contribution in [-0.4, -0.2) is 33.9 Å². The van der Waals surface area contributed by atoms with Crippen LogP contribution in [0.5, 0.6) is 0 Å². The third-order valence-electron chi connectivity index (χ3n) is 1.01. The molecule has 0 unspecified atom stereocenters. The average molecular weight is 241 g/mol. The van der Waals surface area contributed by atoms with Crippen molar-refractivity contribution < 1.29 is 34.6 Å². The van der Waals surface area contributed by atoms with Crippen molar-refractivity contribution in [3.8, 4) is 0 Å². The van der Waals surface area contributed by atoms with E-state index in [1.165, 1.54) is 0 Å². The number of carbonyl (C=O) groups is 1. The molecule has 0 bridgehead atoms. The Hall–Kier alpha value is -2.73. The van der Waals surface area contributed by atoms with Crippen LogP contribution in [0, 0.1) is 30.3 Å². The Balaban J connectivity index is 4.79. The van der Waals surface area contributed by atoms with Gasteiger partial charge < -0.3 is 4.84 Å². The largest absolute Gasteiger partial charge is 0.341 e. The Bertz CT molecular complexity index is 296. The Kier molecular flexibility index (Phi) is 4.33. The van der Waals surface area contributed by atoms with Gasteiger partial charge in [0.2, 0.25) is 0 Å². The first-order valence-corrected chi connectivity index (χ1v) is 3.22. The molecule has 0 amide bonds. The van der Waals surface area contributed by atoms with Gasteiger partial charge in [-0.15, -0.1) is 30.3 Å². The highest BCUT2D eigenvalue weighted by molar-refractivity contribution is 5.59. The molecule has 0 aliphatic rings. The number of aldehydes is 1. The zero-order valence-electron chi connectivity index (χ0n) is 7.21. The molecule has 0 spiro atoms. The molecule has 13 heteroatoms. The van der Waals surface area contributed by atoms with Crippen LogP contribution in [0.15, 0.2) is 0 Å². The van der Waals surface area contributed by atoms with E-state index >= 15 is 0 Å². The minimum atomic E-state index is -3.12. The van der Waals surface area contributed by atoms with Crippen molar-refractivity contribution in [2.45, 2.75) is 5.79 Å². The van der Waals surface area contributed by atoms with Crippen molar-refractivity contribution in [1.82, 2.24) is 0 Å². The van der Waals surface area contributed by atoms with E-state index in [4.69, 9.17) is 0 Å². The van der Waals surface area contributed by atoms with Gasteiger partial charge in [0.05, 0.1) is 0 Å². The molecule has 0 aromatic heterocycles. The Morgan fingerprint density at radius 2 is 1.44 bits per heavy atom. The predicted octanol–water partition coefficient (Wildman–Crippen LogP) is -1.49. The monoisotopic (exact) mass is 241 g/mol. The number of nitrogens with zero attached hydrogens (tertiary/aromatic N) is 3. The van der Waals surface area contributed by atoms with E-state index in [0.29, 0.717) is 0 Å². The van der Waals surface area contributed by atoms with Crippen LogP contribution in [0.25, 0.3) is 0 Å². The van der Waals surface area contributed by atoms with Crippen LogP contribution < -0.4 is 0 Å². The van der Waals surface area contributed by atoms with Crippen molar-refractivity contribution in [2.24, 2.45) is 0 Å². The highest BCUT2D eigenvalue weighted by Crippen LogP contribution is 2.11. The topological polar surface area (TPSA) is 174 Å². The lowest BCUT2D eigenvalue weighted by Crippen LogP contribution is -2.46. The Morgan fingerprint density at radius 1 is 1.00 bits per heavy atom. The van der Waals surface area contributed by atoms with Crippen LogP contribution in [0.4, 0.5) is 0 Å². The lowest BCUT2D eigenvalue weighted by atomic mass is 10.3. The summed E-state index contributed by atoms with van der Waals surface area (Å²) in [7, 11) is 0. The van der Waals surface area contributed by atoms with Gasteiger partial charge in [0.1, 0.15) is 0 Å². The fraction of sp³-hybridized carbons (Fsp3) is 0.667. The Morgan fingerprint density at radius 3 is 1.69 bits per heavy atom. The normalized spacial score (nSPS) is 10.0. The zero-order valence-corrected chi connectivity index (χ0v) is 7.21. The molecule has 0 aliphatic carbocycles. The first kappa shape index (κ1) is 13.3. The molecular formula is C3H3N3O10. The maximum absolute atomic E-state index is 10.3. The molecule has 0 aromatic carbocycles. The van der Waals surface area contributed by atoms with E-state index in [1.54, 1.807) is 0 Å². The first-order chi connectivity index (χ1) is 7.31. The van der Waals surface area contributed by atoms with Gasteiger partial charge in [0, 0.05) is 0 Å². The van der Waals surface area contributed by atoms with Crippen LogP contribution in [-0.2, 0) is 19.3 Å². The second-order valence-electron chi connectivity index (χ2n) is 2.06. The summed E-state index contributed by atoms with van der Waals surface area (Å²) >= 11 is 0. The molecule has 0 heterocycles. The molecule has 0 N–H and O–H groups in total. The number of hydrogen-bond acceptors (Lipinski definition) is 10. The van der Waals surface area contributed by atoms with Gasteiger partial charge in [-0.1, -0.05) is 0 Å². The predicted molar refractivity (Wildman–Crippen MR) is 37.9 cm³/mol. The minimum absolute atomic E-state index is 0.512. The summed E-state index contributed by atoms with van der Waals surface area (Å²) in [5.74, 6) is -3.12. The molecule has 90 valence electrons. The lowest BCUT2D eigenvalue weighted by Gasteiger charge is -2.20. The fourth-order valence-electron chi connectivity index (χ4n) is 0.541. The van der Waals surface area contributed by atoms with E-state index < -0.39 is 33.9 Å². The average Bonchev–Trinajstić information content (AvgIpc) is 2.12. The van der Waals surface area contributed by atoms with Crippen LogP contribution in [0.1, 0.15) is 0 Å². The summed E-state index contributed by atoms with van der Waals surface area (Å²) in [5, 5.41) is 24.9. The molecule has 13 nitrogen and oxygen atoms in total. The van der Waals surface area contributed by atoms with E-state index in [2.05, 4.69) is 14.5 Å². The molecular weight excluding hydrogens is 238 g/mol. The van der Waals surface area contributed by atoms with Gasteiger partial charge in [0.15, 0.2) is 12.9 Å².